The highest BCUT2D eigenvalue weighted by molar-refractivity contribution is 6.30. The number of nitrogens with zero attached hydrogens (tertiary/aromatic N) is 2. The summed E-state index contributed by atoms with van der Waals surface area (Å²) in [6, 6.07) is 8.14. The van der Waals surface area contributed by atoms with Crippen LogP contribution < -0.4 is 0 Å². The molecule has 0 aromatic heterocycles. The first kappa shape index (κ1) is 15.8. The van der Waals surface area contributed by atoms with Crippen LogP contribution in [0.1, 0.15) is 30.9 Å². The first-order valence-corrected chi connectivity index (χ1v) is 7.76. The molecule has 1 aromatic carbocycles. The van der Waals surface area contributed by atoms with Gasteiger partial charge in [-0.1, -0.05) is 23.7 Å². The van der Waals surface area contributed by atoms with E-state index in [-0.39, 0.29) is 0 Å². The lowest BCUT2D eigenvalue weighted by molar-refractivity contribution is 0.102. The molecule has 1 aromatic rings. The smallest absolute Gasteiger partial charge is 0.0802 e. The lowest BCUT2D eigenvalue weighted by Gasteiger charge is -2.36. The molecule has 0 radical (unpaired) electrons. The van der Waals surface area contributed by atoms with E-state index in [0.717, 1.165) is 31.6 Å². The first-order valence-electron chi connectivity index (χ1n) is 7.38. The van der Waals surface area contributed by atoms with Gasteiger partial charge in [-0.25, -0.2) is 0 Å². The molecule has 0 amide bonds. The van der Waals surface area contributed by atoms with Gasteiger partial charge < -0.3 is 14.9 Å². The number of benzene rings is 1. The Kier molecular flexibility index (Phi) is 5.85. The van der Waals surface area contributed by atoms with Crippen LogP contribution in [-0.2, 0) is 0 Å². The van der Waals surface area contributed by atoms with Gasteiger partial charge in [0, 0.05) is 24.2 Å². The first-order chi connectivity index (χ1) is 9.56. The van der Waals surface area contributed by atoms with Crippen molar-refractivity contribution >= 4 is 11.6 Å². The molecule has 112 valence electrons. The molecule has 0 bridgehead atoms. The summed E-state index contributed by atoms with van der Waals surface area (Å²) in [5, 5.41) is 11.0. The van der Waals surface area contributed by atoms with Gasteiger partial charge in [0.1, 0.15) is 0 Å². The van der Waals surface area contributed by atoms with Crippen molar-refractivity contribution in [3.8, 4) is 0 Å². The number of likely N-dealkylation sites (tertiary alicyclic amines) is 1. The third kappa shape index (κ3) is 4.45. The summed E-state index contributed by atoms with van der Waals surface area (Å²) in [6.45, 7) is 3.21. The summed E-state index contributed by atoms with van der Waals surface area (Å²) >= 11 is 5.87. The van der Waals surface area contributed by atoms with Crippen LogP contribution >= 0.6 is 11.6 Å². The van der Waals surface area contributed by atoms with Crippen molar-refractivity contribution in [2.75, 3.05) is 33.7 Å². The molecular formula is C16H25ClN2O. The van der Waals surface area contributed by atoms with Crippen LogP contribution in [-0.4, -0.2) is 54.7 Å². The molecule has 0 saturated carbocycles. The van der Waals surface area contributed by atoms with E-state index in [4.69, 9.17) is 11.6 Å². The number of aliphatic hydroxyl groups excluding tert-OH is 1. The molecule has 3 nitrogen and oxygen atoms in total. The topological polar surface area (TPSA) is 26.7 Å². The quantitative estimate of drug-likeness (QED) is 0.905. The van der Waals surface area contributed by atoms with Gasteiger partial charge in [0.15, 0.2) is 0 Å². The molecule has 1 saturated heterocycles. The predicted molar refractivity (Wildman–Crippen MR) is 84.2 cm³/mol. The molecule has 1 aliphatic heterocycles. The zero-order chi connectivity index (χ0) is 14.5. The van der Waals surface area contributed by atoms with Gasteiger partial charge in [0.05, 0.1) is 6.10 Å². The molecule has 0 spiro atoms. The van der Waals surface area contributed by atoms with Crippen LogP contribution in [0.15, 0.2) is 24.3 Å². The minimum absolute atomic E-state index is 0.396. The molecule has 1 fully saturated rings. The predicted octanol–water partition coefficient (Wildman–Crippen LogP) is 2.79. The number of rotatable bonds is 5. The van der Waals surface area contributed by atoms with Crippen LogP contribution in [0.25, 0.3) is 0 Å². The molecule has 4 heteroatoms. The molecule has 0 aliphatic carbocycles. The fourth-order valence-corrected chi connectivity index (χ4v) is 2.94. The summed E-state index contributed by atoms with van der Waals surface area (Å²) in [4.78, 5) is 4.77. The Balaban J connectivity index is 1.81. The summed E-state index contributed by atoms with van der Waals surface area (Å²) in [7, 11) is 4.30. The number of hydrogen-bond donors (Lipinski definition) is 1. The summed E-state index contributed by atoms with van der Waals surface area (Å²) < 4.78 is 0. The zero-order valence-corrected chi connectivity index (χ0v) is 13.2. The Morgan fingerprint density at radius 2 is 2.05 bits per heavy atom. The van der Waals surface area contributed by atoms with Gasteiger partial charge in [-0.05, 0) is 57.6 Å². The van der Waals surface area contributed by atoms with Crippen LogP contribution in [0.4, 0.5) is 0 Å². The molecular weight excluding hydrogens is 272 g/mol. The minimum Gasteiger partial charge on any atom is -0.388 e. The van der Waals surface area contributed by atoms with Crippen molar-refractivity contribution < 1.29 is 5.11 Å². The number of likely N-dealkylation sites (N-methyl/N-ethyl adjacent to an activating group) is 1. The van der Waals surface area contributed by atoms with E-state index in [1.807, 2.05) is 24.3 Å². The Bertz CT molecular complexity index is 407. The van der Waals surface area contributed by atoms with E-state index in [2.05, 4.69) is 23.9 Å². The van der Waals surface area contributed by atoms with Crippen molar-refractivity contribution in [3.63, 3.8) is 0 Å². The van der Waals surface area contributed by atoms with Crippen molar-refractivity contribution in [1.29, 1.82) is 0 Å². The second kappa shape index (κ2) is 7.41. The van der Waals surface area contributed by atoms with E-state index in [1.54, 1.807) is 0 Å². The van der Waals surface area contributed by atoms with Crippen LogP contribution in [0.2, 0.25) is 5.02 Å². The Morgan fingerprint density at radius 3 is 2.70 bits per heavy atom. The Labute approximate surface area is 127 Å². The molecule has 1 heterocycles. The summed E-state index contributed by atoms with van der Waals surface area (Å²) in [5.74, 6) is 0. The van der Waals surface area contributed by atoms with Gasteiger partial charge in [0.25, 0.3) is 0 Å². The average Bonchev–Trinajstić information content (AvgIpc) is 2.46. The fourth-order valence-electron chi connectivity index (χ4n) is 2.81. The SMILES string of the molecule is CN(C)C1CCCN(CCC(O)c2ccc(Cl)cc2)C1. The molecule has 2 atom stereocenters. The fraction of sp³-hybridized carbons (Fsp3) is 0.625. The monoisotopic (exact) mass is 296 g/mol. The largest absolute Gasteiger partial charge is 0.388 e. The molecule has 2 unspecified atom stereocenters. The molecule has 2 rings (SSSR count). The van der Waals surface area contributed by atoms with Crippen molar-refractivity contribution in [2.45, 2.75) is 31.4 Å². The molecule has 1 N–H and O–H groups in total. The minimum atomic E-state index is -0.396. The summed E-state index contributed by atoms with van der Waals surface area (Å²) in [5.41, 5.74) is 0.954. The number of hydrogen-bond acceptors (Lipinski definition) is 3. The van der Waals surface area contributed by atoms with Crippen molar-refractivity contribution in [1.82, 2.24) is 9.80 Å². The van der Waals surface area contributed by atoms with Crippen LogP contribution in [0, 0.1) is 0 Å². The number of halogens is 1. The lowest BCUT2D eigenvalue weighted by atomic mass is 10.0. The van der Waals surface area contributed by atoms with Crippen molar-refractivity contribution in [2.24, 2.45) is 0 Å². The van der Waals surface area contributed by atoms with Gasteiger partial charge in [-0.2, -0.15) is 0 Å². The molecule has 20 heavy (non-hydrogen) atoms. The Morgan fingerprint density at radius 1 is 1.35 bits per heavy atom. The van der Waals surface area contributed by atoms with E-state index in [0.29, 0.717) is 11.1 Å². The van der Waals surface area contributed by atoms with Gasteiger partial charge >= 0.3 is 0 Å². The standard InChI is InChI=1S/C16H25ClN2O/c1-18(2)15-4-3-10-19(12-15)11-9-16(20)13-5-7-14(17)8-6-13/h5-8,15-16,20H,3-4,9-12H2,1-2H3. The van der Waals surface area contributed by atoms with E-state index in [1.165, 1.54) is 12.8 Å². The molecule has 1 aliphatic rings. The second-order valence-electron chi connectivity index (χ2n) is 5.92. The third-order valence-corrected chi connectivity index (χ3v) is 4.44. The third-order valence-electron chi connectivity index (χ3n) is 4.18. The van der Waals surface area contributed by atoms with Gasteiger partial charge in [0.2, 0.25) is 0 Å². The van der Waals surface area contributed by atoms with Gasteiger partial charge in [-0.3, -0.25) is 0 Å². The average molecular weight is 297 g/mol. The number of aliphatic hydroxyl groups is 1. The van der Waals surface area contributed by atoms with E-state index < -0.39 is 6.10 Å². The lowest BCUT2D eigenvalue weighted by Crippen LogP contribution is -2.45. The van der Waals surface area contributed by atoms with Gasteiger partial charge in [-0.15, -0.1) is 0 Å². The maximum absolute atomic E-state index is 10.2. The van der Waals surface area contributed by atoms with E-state index >= 15 is 0 Å². The maximum atomic E-state index is 10.2. The maximum Gasteiger partial charge on any atom is 0.0802 e. The van der Waals surface area contributed by atoms with Crippen LogP contribution in [0.5, 0.6) is 0 Å². The van der Waals surface area contributed by atoms with Crippen molar-refractivity contribution in [3.05, 3.63) is 34.9 Å². The van der Waals surface area contributed by atoms with Crippen LogP contribution in [0.3, 0.4) is 0 Å². The Hall–Kier alpha value is -0.610. The zero-order valence-electron chi connectivity index (χ0n) is 12.4. The highest BCUT2D eigenvalue weighted by atomic mass is 35.5. The van der Waals surface area contributed by atoms with E-state index in [9.17, 15) is 5.11 Å². The highest BCUT2D eigenvalue weighted by Crippen LogP contribution is 2.21. The summed E-state index contributed by atoms with van der Waals surface area (Å²) in [6.07, 6.45) is 2.91. The normalized spacial score (nSPS) is 22.1. The second-order valence-corrected chi connectivity index (χ2v) is 6.35. The highest BCUT2D eigenvalue weighted by Gasteiger charge is 2.21. The number of piperidine rings is 1.